The maximum atomic E-state index is 12.9. The van der Waals surface area contributed by atoms with Gasteiger partial charge in [-0.1, -0.05) is 0 Å². The molecule has 0 bridgehead atoms. The van der Waals surface area contributed by atoms with Crippen molar-refractivity contribution in [3.05, 3.63) is 41.4 Å². The average Bonchev–Trinajstić information content (AvgIpc) is 2.88. The lowest BCUT2D eigenvalue weighted by molar-refractivity contribution is 0.0982. The standard InChI is InChI=1S/C13H13F2N5S/c14-13(15)5-11(13)20-2-1-9(18-20)6-16-7-10-8-19-3-4-21-12(19)17-10/h1-4,8,11,16H,5-7H2. The first-order valence-corrected chi connectivity index (χ1v) is 7.53. The Morgan fingerprint density at radius 1 is 1.33 bits per heavy atom. The summed E-state index contributed by atoms with van der Waals surface area (Å²) in [7, 11) is 0. The average molecular weight is 309 g/mol. The van der Waals surface area contributed by atoms with Gasteiger partial charge < -0.3 is 5.32 Å². The molecular formula is C13H13F2N5S. The summed E-state index contributed by atoms with van der Waals surface area (Å²) in [6, 6.07) is 1.01. The van der Waals surface area contributed by atoms with Crippen molar-refractivity contribution in [1.82, 2.24) is 24.5 Å². The van der Waals surface area contributed by atoms with Gasteiger partial charge in [0, 0.05) is 43.5 Å². The minimum atomic E-state index is -2.58. The van der Waals surface area contributed by atoms with Crippen molar-refractivity contribution in [3.63, 3.8) is 0 Å². The van der Waals surface area contributed by atoms with Gasteiger partial charge in [0.25, 0.3) is 5.92 Å². The van der Waals surface area contributed by atoms with Crippen LogP contribution >= 0.6 is 11.3 Å². The number of hydrogen-bond acceptors (Lipinski definition) is 4. The minimum absolute atomic E-state index is 0.104. The van der Waals surface area contributed by atoms with Gasteiger partial charge in [-0.2, -0.15) is 5.10 Å². The third-order valence-electron chi connectivity index (χ3n) is 3.53. The van der Waals surface area contributed by atoms with E-state index in [1.165, 1.54) is 4.68 Å². The third kappa shape index (κ3) is 2.44. The first kappa shape index (κ1) is 12.9. The second-order valence-electron chi connectivity index (χ2n) is 5.20. The topological polar surface area (TPSA) is 47.2 Å². The molecule has 1 atom stereocenters. The Balaban J connectivity index is 1.33. The predicted molar refractivity (Wildman–Crippen MR) is 74.4 cm³/mol. The number of halogens is 2. The van der Waals surface area contributed by atoms with E-state index in [0.717, 1.165) is 16.3 Å². The van der Waals surface area contributed by atoms with Crippen LogP contribution in [0.5, 0.6) is 0 Å². The smallest absolute Gasteiger partial charge is 0.272 e. The highest BCUT2D eigenvalue weighted by molar-refractivity contribution is 7.15. The highest BCUT2D eigenvalue weighted by Crippen LogP contribution is 2.51. The Labute approximate surface area is 123 Å². The molecule has 5 nitrogen and oxygen atoms in total. The molecule has 1 fully saturated rings. The maximum Gasteiger partial charge on any atom is 0.272 e. The quantitative estimate of drug-likeness (QED) is 0.787. The molecule has 1 aliphatic carbocycles. The molecule has 4 rings (SSSR count). The van der Waals surface area contributed by atoms with Gasteiger partial charge in [0.1, 0.15) is 6.04 Å². The number of alkyl halides is 2. The zero-order chi connectivity index (χ0) is 14.4. The van der Waals surface area contributed by atoms with E-state index in [0.29, 0.717) is 13.1 Å². The van der Waals surface area contributed by atoms with E-state index in [4.69, 9.17) is 0 Å². The van der Waals surface area contributed by atoms with Crippen molar-refractivity contribution in [2.24, 2.45) is 0 Å². The van der Waals surface area contributed by atoms with Gasteiger partial charge in [-0.25, -0.2) is 13.8 Å². The van der Waals surface area contributed by atoms with Crippen molar-refractivity contribution in [1.29, 1.82) is 0 Å². The number of nitrogens with one attached hydrogen (secondary N) is 1. The zero-order valence-corrected chi connectivity index (χ0v) is 11.9. The number of imidazole rings is 1. The van der Waals surface area contributed by atoms with E-state index < -0.39 is 12.0 Å². The largest absolute Gasteiger partial charge is 0.305 e. The van der Waals surface area contributed by atoms with Gasteiger partial charge in [0.05, 0.1) is 11.4 Å². The predicted octanol–water partition coefficient (Wildman–Crippen LogP) is 2.46. The highest BCUT2D eigenvalue weighted by Gasteiger charge is 2.59. The maximum absolute atomic E-state index is 12.9. The summed E-state index contributed by atoms with van der Waals surface area (Å²) in [4.78, 5) is 5.43. The summed E-state index contributed by atoms with van der Waals surface area (Å²) in [6.45, 7) is 1.16. The molecular weight excluding hydrogens is 296 g/mol. The minimum Gasteiger partial charge on any atom is -0.305 e. The van der Waals surface area contributed by atoms with Gasteiger partial charge in [-0.3, -0.25) is 9.08 Å². The van der Waals surface area contributed by atoms with Gasteiger partial charge in [0.2, 0.25) is 0 Å². The Kier molecular flexibility index (Phi) is 2.83. The van der Waals surface area contributed by atoms with E-state index in [-0.39, 0.29) is 6.42 Å². The van der Waals surface area contributed by atoms with Crippen molar-refractivity contribution in [3.8, 4) is 0 Å². The van der Waals surface area contributed by atoms with Gasteiger partial charge in [-0.15, -0.1) is 11.3 Å². The summed E-state index contributed by atoms with van der Waals surface area (Å²) in [5.74, 6) is -2.58. The summed E-state index contributed by atoms with van der Waals surface area (Å²) in [6.07, 6.45) is 5.46. The fourth-order valence-electron chi connectivity index (χ4n) is 2.31. The number of hydrogen-bond donors (Lipinski definition) is 1. The molecule has 0 amide bonds. The Morgan fingerprint density at radius 2 is 2.14 bits per heavy atom. The molecule has 110 valence electrons. The Hall–Kier alpha value is -1.80. The van der Waals surface area contributed by atoms with E-state index >= 15 is 0 Å². The summed E-state index contributed by atoms with van der Waals surface area (Å²) in [5, 5.41) is 9.40. The molecule has 3 heterocycles. The van der Waals surface area contributed by atoms with Gasteiger partial charge in [0.15, 0.2) is 4.96 Å². The van der Waals surface area contributed by atoms with Crippen LogP contribution in [0.25, 0.3) is 4.96 Å². The van der Waals surface area contributed by atoms with Crippen LogP contribution in [0.2, 0.25) is 0 Å². The molecule has 0 aromatic carbocycles. The lowest BCUT2D eigenvalue weighted by Crippen LogP contribution is -2.14. The molecule has 3 aromatic heterocycles. The van der Waals surface area contributed by atoms with Crippen molar-refractivity contribution >= 4 is 16.3 Å². The molecule has 3 aromatic rings. The first-order chi connectivity index (χ1) is 10.1. The lowest BCUT2D eigenvalue weighted by Gasteiger charge is -2.00. The van der Waals surface area contributed by atoms with Crippen molar-refractivity contribution in [2.45, 2.75) is 31.5 Å². The molecule has 1 N–H and O–H groups in total. The molecule has 0 saturated heterocycles. The van der Waals surface area contributed by atoms with Gasteiger partial charge in [-0.05, 0) is 6.07 Å². The lowest BCUT2D eigenvalue weighted by atomic mass is 10.4. The Bertz CT molecular complexity index is 746. The van der Waals surface area contributed by atoms with Crippen LogP contribution in [0, 0.1) is 0 Å². The summed E-state index contributed by atoms with van der Waals surface area (Å²) >= 11 is 1.59. The highest BCUT2D eigenvalue weighted by atomic mass is 32.1. The summed E-state index contributed by atoms with van der Waals surface area (Å²) in [5.41, 5.74) is 1.72. The molecule has 21 heavy (non-hydrogen) atoms. The fraction of sp³-hybridized carbons (Fsp3) is 0.385. The number of thiazole rings is 1. The monoisotopic (exact) mass is 309 g/mol. The van der Waals surface area contributed by atoms with Crippen LogP contribution < -0.4 is 5.32 Å². The van der Waals surface area contributed by atoms with E-state index in [9.17, 15) is 8.78 Å². The third-order valence-corrected chi connectivity index (χ3v) is 4.30. The fourth-order valence-corrected chi connectivity index (χ4v) is 3.03. The SMILES string of the molecule is FC1(F)CC1n1ccc(CNCc2cn3ccsc3n2)n1. The molecule has 8 heteroatoms. The number of rotatable bonds is 5. The number of nitrogens with zero attached hydrogens (tertiary/aromatic N) is 4. The van der Waals surface area contributed by atoms with Crippen LogP contribution in [-0.4, -0.2) is 25.1 Å². The zero-order valence-electron chi connectivity index (χ0n) is 11.0. The molecule has 1 unspecified atom stereocenters. The Morgan fingerprint density at radius 3 is 2.90 bits per heavy atom. The van der Waals surface area contributed by atoms with Crippen molar-refractivity contribution < 1.29 is 8.78 Å². The van der Waals surface area contributed by atoms with Crippen LogP contribution in [0.15, 0.2) is 30.0 Å². The van der Waals surface area contributed by atoms with E-state index in [1.807, 2.05) is 22.2 Å². The number of fused-ring (bicyclic) bond motifs is 1. The van der Waals surface area contributed by atoms with Crippen LogP contribution in [0.4, 0.5) is 8.78 Å². The molecule has 1 saturated carbocycles. The second kappa shape index (κ2) is 4.60. The van der Waals surface area contributed by atoms with Gasteiger partial charge >= 0.3 is 0 Å². The molecule has 1 aliphatic rings. The normalized spacial score (nSPS) is 20.2. The van der Waals surface area contributed by atoms with E-state index in [2.05, 4.69) is 15.4 Å². The first-order valence-electron chi connectivity index (χ1n) is 6.65. The molecule has 0 aliphatic heterocycles. The van der Waals surface area contributed by atoms with E-state index in [1.54, 1.807) is 23.6 Å². The van der Waals surface area contributed by atoms with Crippen LogP contribution in [0.1, 0.15) is 23.9 Å². The molecule has 0 spiro atoms. The van der Waals surface area contributed by atoms with Crippen LogP contribution in [-0.2, 0) is 13.1 Å². The second-order valence-corrected chi connectivity index (χ2v) is 6.07. The number of aromatic nitrogens is 4. The van der Waals surface area contributed by atoms with Crippen LogP contribution in [0.3, 0.4) is 0 Å². The summed E-state index contributed by atoms with van der Waals surface area (Å²) < 4.78 is 29.2. The molecule has 0 radical (unpaired) electrons. The van der Waals surface area contributed by atoms with Crippen molar-refractivity contribution in [2.75, 3.05) is 0 Å².